The van der Waals surface area contributed by atoms with Crippen molar-refractivity contribution in [2.75, 3.05) is 14.2 Å². The van der Waals surface area contributed by atoms with Gasteiger partial charge in [0.05, 0.1) is 10.5 Å². The van der Waals surface area contributed by atoms with Crippen molar-refractivity contribution in [3.05, 3.63) is 39.9 Å². The topological polar surface area (TPSA) is 61.6 Å². The fraction of sp³-hybridized carbons (Fsp3) is 0.333. The minimum Gasteiger partial charge on any atom is -0.351 e. The van der Waals surface area contributed by atoms with Gasteiger partial charge in [-0.3, -0.25) is 10.1 Å². The first kappa shape index (κ1) is 10.6. The summed E-state index contributed by atoms with van der Waals surface area (Å²) in [6, 6.07) is 7.06. The smallest absolute Gasteiger partial charge is 0.277 e. The number of rotatable bonds is 4. The van der Waals surface area contributed by atoms with E-state index in [1.165, 1.54) is 32.4 Å². The molecule has 0 saturated heterocycles. The van der Waals surface area contributed by atoms with Gasteiger partial charge in [-0.2, -0.15) is 0 Å². The van der Waals surface area contributed by atoms with Crippen LogP contribution in [0.3, 0.4) is 0 Å². The zero-order valence-electron chi connectivity index (χ0n) is 7.89. The van der Waals surface area contributed by atoms with Gasteiger partial charge in [0.15, 0.2) is 6.29 Å². The van der Waals surface area contributed by atoms with Crippen LogP contribution in [0.15, 0.2) is 18.2 Å². The summed E-state index contributed by atoms with van der Waals surface area (Å²) in [7, 11) is 2.84. The highest BCUT2D eigenvalue weighted by Crippen LogP contribution is 2.26. The maximum atomic E-state index is 10.6. The minimum absolute atomic E-state index is 0.0301. The first-order chi connectivity index (χ1) is 6.70. The molecule has 0 amide bonds. The van der Waals surface area contributed by atoms with Gasteiger partial charge in [0, 0.05) is 20.3 Å². The monoisotopic (exact) mass is 196 g/mol. The second-order valence-electron chi connectivity index (χ2n) is 2.55. The Hall–Kier alpha value is -1.46. The summed E-state index contributed by atoms with van der Waals surface area (Å²) in [5, 5.41) is 10.6. The molecular formula is C9H10NO4. The molecule has 0 N–H and O–H groups in total. The van der Waals surface area contributed by atoms with E-state index in [1.807, 2.05) is 0 Å². The second kappa shape index (κ2) is 4.69. The lowest BCUT2D eigenvalue weighted by molar-refractivity contribution is -0.387. The van der Waals surface area contributed by atoms with Crippen LogP contribution in [0, 0.1) is 16.2 Å². The van der Waals surface area contributed by atoms with E-state index in [-0.39, 0.29) is 5.69 Å². The van der Waals surface area contributed by atoms with Gasteiger partial charge in [-0.05, 0) is 18.2 Å². The van der Waals surface area contributed by atoms with Crippen molar-refractivity contribution in [3.63, 3.8) is 0 Å². The molecule has 0 saturated carbocycles. The summed E-state index contributed by atoms with van der Waals surface area (Å²) in [5.41, 5.74) is 0.333. The standard InChI is InChI=1S/C9H10NO4/c1-13-9(14-2)7-5-3-4-6-8(7)10(11)12/h4-6,9H,1-2H3. The predicted octanol–water partition coefficient (Wildman–Crippen LogP) is 1.69. The van der Waals surface area contributed by atoms with Crippen molar-refractivity contribution >= 4 is 5.69 Å². The minimum atomic E-state index is -0.729. The van der Waals surface area contributed by atoms with Crippen LogP contribution in [0.2, 0.25) is 0 Å². The quantitative estimate of drug-likeness (QED) is 0.417. The van der Waals surface area contributed by atoms with Gasteiger partial charge < -0.3 is 9.47 Å². The SMILES string of the molecule is COC(OC)c1c[c]ccc1[N+](=O)[O-]. The van der Waals surface area contributed by atoms with E-state index < -0.39 is 11.2 Å². The van der Waals surface area contributed by atoms with E-state index in [4.69, 9.17) is 9.47 Å². The van der Waals surface area contributed by atoms with Crippen molar-refractivity contribution in [1.29, 1.82) is 0 Å². The summed E-state index contributed by atoms with van der Waals surface area (Å²) >= 11 is 0. The molecule has 5 nitrogen and oxygen atoms in total. The van der Waals surface area contributed by atoms with Gasteiger partial charge in [-0.1, -0.05) is 0 Å². The molecule has 0 atom stereocenters. The molecule has 1 aromatic rings. The third-order valence-electron chi connectivity index (χ3n) is 1.75. The molecule has 0 bridgehead atoms. The van der Waals surface area contributed by atoms with Gasteiger partial charge in [0.25, 0.3) is 5.69 Å². The van der Waals surface area contributed by atoms with Crippen LogP contribution in [-0.2, 0) is 9.47 Å². The van der Waals surface area contributed by atoms with Gasteiger partial charge >= 0.3 is 0 Å². The van der Waals surface area contributed by atoms with Crippen molar-refractivity contribution in [1.82, 2.24) is 0 Å². The van der Waals surface area contributed by atoms with Crippen molar-refractivity contribution < 1.29 is 14.4 Å². The van der Waals surface area contributed by atoms with E-state index in [1.54, 1.807) is 0 Å². The van der Waals surface area contributed by atoms with Crippen LogP contribution in [0.1, 0.15) is 11.9 Å². The highest BCUT2D eigenvalue weighted by molar-refractivity contribution is 5.40. The van der Waals surface area contributed by atoms with E-state index in [0.717, 1.165) is 0 Å². The first-order valence-electron chi connectivity index (χ1n) is 3.90. The first-order valence-corrected chi connectivity index (χ1v) is 3.90. The number of hydrogen-bond donors (Lipinski definition) is 0. The van der Waals surface area contributed by atoms with Gasteiger partial charge in [0.1, 0.15) is 0 Å². The highest BCUT2D eigenvalue weighted by Gasteiger charge is 2.20. The van der Waals surface area contributed by atoms with Crippen LogP contribution < -0.4 is 0 Å². The third kappa shape index (κ3) is 2.07. The van der Waals surface area contributed by atoms with E-state index in [0.29, 0.717) is 5.56 Å². The van der Waals surface area contributed by atoms with Crippen molar-refractivity contribution in [2.24, 2.45) is 0 Å². The maximum absolute atomic E-state index is 10.6. The van der Waals surface area contributed by atoms with E-state index in [2.05, 4.69) is 6.07 Å². The van der Waals surface area contributed by atoms with Crippen LogP contribution in [-0.4, -0.2) is 19.1 Å². The summed E-state index contributed by atoms with van der Waals surface area (Å²) in [4.78, 5) is 10.2. The fourth-order valence-electron chi connectivity index (χ4n) is 1.14. The Morgan fingerprint density at radius 2 is 2.14 bits per heavy atom. The molecule has 1 radical (unpaired) electrons. The number of methoxy groups -OCH3 is 2. The fourth-order valence-corrected chi connectivity index (χ4v) is 1.14. The number of nitro groups is 1. The molecule has 1 rings (SSSR count). The molecule has 14 heavy (non-hydrogen) atoms. The summed E-state index contributed by atoms with van der Waals surface area (Å²) in [5.74, 6) is 0. The Morgan fingerprint density at radius 3 is 2.64 bits per heavy atom. The zero-order chi connectivity index (χ0) is 10.6. The third-order valence-corrected chi connectivity index (χ3v) is 1.75. The molecule has 0 aliphatic carbocycles. The molecular weight excluding hydrogens is 186 g/mol. The summed E-state index contributed by atoms with van der Waals surface area (Å²) < 4.78 is 9.86. The molecule has 0 aliphatic rings. The van der Waals surface area contributed by atoms with Crippen molar-refractivity contribution in [2.45, 2.75) is 6.29 Å². The lowest BCUT2D eigenvalue weighted by Gasteiger charge is -2.12. The molecule has 5 heteroatoms. The Kier molecular flexibility index (Phi) is 3.55. The molecule has 0 heterocycles. The molecule has 75 valence electrons. The van der Waals surface area contributed by atoms with Crippen LogP contribution >= 0.6 is 0 Å². The second-order valence-corrected chi connectivity index (χ2v) is 2.55. The normalized spacial score (nSPS) is 10.5. The average molecular weight is 196 g/mol. The van der Waals surface area contributed by atoms with Gasteiger partial charge in [-0.25, -0.2) is 0 Å². The summed E-state index contributed by atoms with van der Waals surface area (Å²) in [6.45, 7) is 0. The molecule has 1 aromatic carbocycles. The number of hydrogen-bond acceptors (Lipinski definition) is 4. The Bertz CT molecular complexity index is 322. The Labute approximate surface area is 81.4 Å². The number of benzene rings is 1. The van der Waals surface area contributed by atoms with Crippen LogP contribution in [0.25, 0.3) is 0 Å². The molecule has 0 aliphatic heterocycles. The summed E-state index contributed by atoms with van der Waals surface area (Å²) in [6.07, 6.45) is -0.729. The molecule has 0 unspecified atom stereocenters. The molecule has 0 aromatic heterocycles. The average Bonchev–Trinajstić information content (AvgIpc) is 2.20. The Balaban J connectivity index is 3.11. The highest BCUT2D eigenvalue weighted by atomic mass is 16.7. The van der Waals surface area contributed by atoms with Crippen LogP contribution in [0.4, 0.5) is 5.69 Å². The maximum Gasteiger partial charge on any atom is 0.277 e. The molecule has 0 spiro atoms. The Morgan fingerprint density at radius 1 is 1.50 bits per heavy atom. The van der Waals surface area contributed by atoms with Crippen LogP contribution in [0.5, 0.6) is 0 Å². The van der Waals surface area contributed by atoms with Gasteiger partial charge in [-0.15, -0.1) is 0 Å². The number of ether oxygens (including phenoxy) is 2. The lowest BCUT2D eigenvalue weighted by Crippen LogP contribution is -2.06. The van der Waals surface area contributed by atoms with Gasteiger partial charge in [0.2, 0.25) is 0 Å². The largest absolute Gasteiger partial charge is 0.351 e. The lowest BCUT2D eigenvalue weighted by atomic mass is 10.2. The molecule has 0 fully saturated rings. The van der Waals surface area contributed by atoms with E-state index in [9.17, 15) is 10.1 Å². The predicted molar refractivity (Wildman–Crippen MR) is 48.7 cm³/mol. The zero-order valence-corrected chi connectivity index (χ0v) is 7.89. The van der Waals surface area contributed by atoms with E-state index >= 15 is 0 Å². The number of nitro benzene ring substituents is 1. The van der Waals surface area contributed by atoms with Crippen molar-refractivity contribution in [3.8, 4) is 0 Å². The number of nitrogens with zero attached hydrogens (tertiary/aromatic N) is 1.